The number of aromatic amines is 1. The molecule has 1 aromatic heterocycles. The van der Waals surface area contributed by atoms with Crippen LogP contribution < -0.4 is 10.6 Å². The van der Waals surface area contributed by atoms with Crippen molar-refractivity contribution < 1.29 is 4.79 Å². The number of carbonyl (C=O) groups excluding carboxylic acids is 1. The van der Waals surface area contributed by atoms with E-state index in [1.54, 1.807) is 0 Å². The van der Waals surface area contributed by atoms with E-state index in [0.29, 0.717) is 5.82 Å². The molecule has 0 aliphatic rings. The fourth-order valence-corrected chi connectivity index (χ4v) is 1.46. The summed E-state index contributed by atoms with van der Waals surface area (Å²) in [6, 6.07) is 7.50. The molecule has 0 saturated carbocycles. The molecule has 0 atom stereocenters. The van der Waals surface area contributed by atoms with Gasteiger partial charge >= 0.3 is 6.03 Å². The van der Waals surface area contributed by atoms with Crippen LogP contribution in [0.2, 0.25) is 0 Å². The van der Waals surface area contributed by atoms with Gasteiger partial charge in [0.05, 0.1) is 5.52 Å². The van der Waals surface area contributed by atoms with Crippen LogP contribution >= 0.6 is 0 Å². The molecule has 16 heavy (non-hydrogen) atoms. The summed E-state index contributed by atoms with van der Waals surface area (Å²) in [5.41, 5.74) is 0.905. The molecule has 2 aromatic rings. The minimum atomic E-state index is -0.243. The van der Waals surface area contributed by atoms with Crippen LogP contribution in [0, 0.1) is 0 Å². The minimum Gasteiger partial charge on any atom is -0.336 e. The van der Waals surface area contributed by atoms with Gasteiger partial charge in [0.15, 0.2) is 5.82 Å². The first-order valence-corrected chi connectivity index (χ1v) is 5.17. The largest absolute Gasteiger partial charge is 0.336 e. The maximum atomic E-state index is 11.5. The third-order valence-corrected chi connectivity index (χ3v) is 2.12. The van der Waals surface area contributed by atoms with Gasteiger partial charge < -0.3 is 5.32 Å². The van der Waals surface area contributed by atoms with Gasteiger partial charge in [-0.25, -0.2) is 4.79 Å². The summed E-state index contributed by atoms with van der Waals surface area (Å²) in [7, 11) is 0. The second-order valence-corrected chi connectivity index (χ2v) is 3.87. The smallest absolute Gasteiger partial charge is 0.320 e. The molecule has 0 saturated heterocycles. The molecule has 2 rings (SSSR count). The molecule has 0 aliphatic carbocycles. The maximum absolute atomic E-state index is 11.5. The summed E-state index contributed by atoms with van der Waals surface area (Å²) in [6.07, 6.45) is 0. The zero-order valence-corrected chi connectivity index (χ0v) is 9.24. The van der Waals surface area contributed by atoms with Gasteiger partial charge in [0.25, 0.3) is 0 Å². The Kier molecular flexibility index (Phi) is 2.76. The summed E-state index contributed by atoms with van der Waals surface area (Å²) in [4.78, 5) is 11.5. The van der Waals surface area contributed by atoms with Crippen LogP contribution in [0.15, 0.2) is 24.3 Å². The second-order valence-electron chi connectivity index (χ2n) is 3.87. The number of benzene rings is 1. The summed E-state index contributed by atoms with van der Waals surface area (Å²) in [6.45, 7) is 3.81. The first-order valence-electron chi connectivity index (χ1n) is 5.17. The fraction of sp³-hybridized carbons (Fsp3) is 0.273. The number of nitrogens with one attached hydrogen (secondary N) is 3. The lowest BCUT2D eigenvalue weighted by Crippen LogP contribution is -2.34. The standard InChI is InChI=1S/C11H14N4O/c1-7(2)12-11(16)13-10-8-5-3-4-6-9(8)14-15-10/h3-7H,1-2H3,(H3,12,13,14,15,16). The lowest BCUT2D eigenvalue weighted by atomic mass is 10.2. The van der Waals surface area contributed by atoms with Gasteiger partial charge in [0, 0.05) is 11.4 Å². The first-order chi connectivity index (χ1) is 7.66. The second kappa shape index (κ2) is 4.22. The Bertz CT molecular complexity index is 503. The lowest BCUT2D eigenvalue weighted by molar-refractivity contribution is 0.250. The molecule has 3 N–H and O–H groups in total. The van der Waals surface area contributed by atoms with E-state index in [2.05, 4.69) is 20.8 Å². The molecular formula is C11H14N4O. The number of amides is 2. The van der Waals surface area contributed by atoms with Crippen LogP contribution in [0.25, 0.3) is 10.9 Å². The maximum Gasteiger partial charge on any atom is 0.320 e. The van der Waals surface area contributed by atoms with Crippen molar-refractivity contribution in [2.75, 3.05) is 5.32 Å². The number of nitrogens with zero attached hydrogens (tertiary/aromatic N) is 1. The number of carbonyl (C=O) groups is 1. The van der Waals surface area contributed by atoms with E-state index in [-0.39, 0.29) is 12.1 Å². The predicted octanol–water partition coefficient (Wildman–Crippen LogP) is 2.09. The molecule has 1 aromatic carbocycles. The Morgan fingerprint density at radius 2 is 2.12 bits per heavy atom. The SMILES string of the molecule is CC(C)NC(=O)Nc1n[nH]c2ccccc12. The number of hydrogen-bond acceptors (Lipinski definition) is 2. The third kappa shape index (κ3) is 2.13. The van der Waals surface area contributed by atoms with Gasteiger partial charge in [-0.1, -0.05) is 12.1 Å². The fourth-order valence-electron chi connectivity index (χ4n) is 1.46. The topological polar surface area (TPSA) is 69.8 Å². The highest BCUT2D eigenvalue weighted by Crippen LogP contribution is 2.19. The lowest BCUT2D eigenvalue weighted by Gasteiger charge is -2.08. The summed E-state index contributed by atoms with van der Waals surface area (Å²) < 4.78 is 0. The number of hydrogen-bond donors (Lipinski definition) is 3. The number of urea groups is 1. The Morgan fingerprint density at radius 3 is 2.88 bits per heavy atom. The van der Waals surface area contributed by atoms with Crippen LogP contribution in [0.5, 0.6) is 0 Å². The van der Waals surface area contributed by atoms with Crippen molar-refractivity contribution in [1.29, 1.82) is 0 Å². The van der Waals surface area contributed by atoms with Crippen molar-refractivity contribution in [3.8, 4) is 0 Å². The van der Waals surface area contributed by atoms with Gasteiger partial charge in [0.1, 0.15) is 0 Å². The molecule has 0 bridgehead atoms. The van der Waals surface area contributed by atoms with Crippen molar-refractivity contribution in [1.82, 2.24) is 15.5 Å². The summed E-state index contributed by atoms with van der Waals surface area (Å²) in [5.74, 6) is 0.550. The highest BCUT2D eigenvalue weighted by molar-refractivity contribution is 5.98. The van der Waals surface area contributed by atoms with E-state index in [4.69, 9.17) is 0 Å². The van der Waals surface area contributed by atoms with Crippen LogP contribution in [0.1, 0.15) is 13.8 Å². The van der Waals surface area contributed by atoms with E-state index >= 15 is 0 Å². The van der Waals surface area contributed by atoms with Crippen molar-refractivity contribution in [2.45, 2.75) is 19.9 Å². The van der Waals surface area contributed by atoms with Crippen molar-refractivity contribution in [2.24, 2.45) is 0 Å². The number of aromatic nitrogens is 2. The molecule has 84 valence electrons. The number of anilines is 1. The van der Waals surface area contributed by atoms with Crippen LogP contribution in [-0.4, -0.2) is 22.3 Å². The average molecular weight is 218 g/mol. The first kappa shape index (κ1) is 10.5. The minimum absolute atomic E-state index is 0.102. The zero-order chi connectivity index (χ0) is 11.5. The molecule has 5 heteroatoms. The van der Waals surface area contributed by atoms with Crippen molar-refractivity contribution in [3.05, 3.63) is 24.3 Å². The van der Waals surface area contributed by atoms with Crippen LogP contribution in [0.3, 0.4) is 0 Å². The molecule has 0 unspecified atom stereocenters. The molecule has 1 heterocycles. The van der Waals surface area contributed by atoms with E-state index in [0.717, 1.165) is 10.9 Å². The number of rotatable bonds is 2. The van der Waals surface area contributed by atoms with Crippen molar-refractivity contribution in [3.63, 3.8) is 0 Å². The molecule has 0 aliphatic heterocycles. The van der Waals surface area contributed by atoms with E-state index in [9.17, 15) is 4.79 Å². The third-order valence-electron chi connectivity index (χ3n) is 2.12. The van der Waals surface area contributed by atoms with E-state index in [1.807, 2.05) is 38.1 Å². The highest BCUT2D eigenvalue weighted by Gasteiger charge is 2.08. The Balaban J connectivity index is 2.18. The summed E-state index contributed by atoms with van der Waals surface area (Å²) in [5, 5.41) is 13.2. The molecule has 0 spiro atoms. The van der Waals surface area contributed by atoms with E-state index in [1.165, 1.54) is 0 Å². The Labute approximate surface area is 93.2 Å². The van der Waals surface area contributed by atoms with Crippen LogP contribution in [-0.2, 0) is 0 Å². The van der Waals surface area contributed by atoms with E-state index < -0.39 is 0 Å². The molecule has 0 radical (unpaired) electrons. The van der Waals surface area contributed by atoms with Crippen molar-refractivity contribution >= 4 is 22.8 Å². The highest BCUT2D eigenvalue weighted by atomic mass is 16.2. The monoisotopic (exact) mass is 218 g/mol. The number of para-hydroxylation sites is 1. The zero-order valence-electron chi connectivity index (χ0n) is 9.24. The quantitative estimate of drug-likeness (QED) is 0.722. The average Bonchev–Trinajstić information content (AvgIpc) is 2.61. The van der Waals surface area contributed by atoms with Gasteiger partial charge in [-0.2, -0.15) is 5.10 Å². The van der Waals surface area contributed by atoms with Crippen LogP contribution in [0.4, 0.5) is 10.6 Å². The number of fused-ring (bicyclic) bond motifs is 1. The van der Waals surface area contributed by atoms with Gasteiger partial charge in [-0.3, -0.25) is 10.4 Å². The Hall–Kier alpha value is -2.04. The molecule has 2 amide bonds. The molecule has 5 nitrogen and oxygen atoms in total. The molecule has 0 fully saturated rings. The van der Waals surface area contributed by atoms with Gasteiger partial charge in [0.2, 0.25) is 0 Å². The number of H-pyrrole nitrogens is 1. The van der Waals surface area contributed by atoms with Gasteiger partial charge in [-0.15, -0.1) is 0 Å². The summed E-state index contributed by atoms with van der Waals surface area (Å²) >= 11 is 0. The predicted molar refractivity (Wildman–Crippen MR) is 63.4 cm³/mol. The normalized spacial score (nSPS) is 10.7. The Morgan fingerprint density at radius 1 is 1.38 bits per heavy atom. The molecular weight excluding hydrogens is 204 g/mol. The van der Waals surface area contributed by atoms with Gasteiger partial charge in [-0.05, 0) is 26.0 Å².